The molecule has 2 amide bonds. The smallest absolute Gasteiger partial charge is 0.256 e. The molecule has 0 saturated carbocycles. The number of anilines is 1. The molecule has 5 nitrogen and oxygen atoms in total. The van der Waals surface area contributed by atoms with Crippen molar-refractivity contribution in [3.63, 3.8) is 0 Å². The van der Waals surface area contributed by atoms with E-state index in [1.165, 1.54) is 4.90 Å². The van der Waals surface area contributed by atoms with Crippen LogP contribution in [0.25, 0.3) is 0 Å². The van der Waals surface area contributed by atoms with Crippen molar-refractivity contribution < 1.29 is 9.59 Å². The minimum absolute atomic E-state index is 0.0486. The molecule has 0 spiro atoms. The minimum Gasteiger partial charge on any atom is -0.382 e. The highest BCUT2D eigenvalue weighted by molar-refractivity contribution is 6.01. The van der Waals surface area contributed by atoms with Crippen LogP contribution >= 0.6 is 0 Å². The summed E-state index contributed by atoms with van der Waals surface area (Å²) in [5.41, 5.74) is 1.36. The number of para-hydroxylation sites is 1. The van der Waals surface area contributed by atoms with Gasteiger partial charge in [-0.2, -0.15) is 0 Å². The van der Waals surface area contributed by atoms with Gasteiger partial charge in [0.15, 0.2) is 0 Å². The van der Waals surface area contributed by atoms with E-state index in [1.54, 1.807) is 13.1 Å². The molecule has 0 fully saturated rings. The Bertz CT molecular complexity index is 498. The Labute approximate surface area is 126 Å². The van der Waals surface area contributed by atoms with E-state index in [4.69, 9.17) is 0 Å². The number of carbonyl (C=O) groups is 2. The standard InChI is InChI=1S/C16H25N3O2/c1-11(2)17-14-9-7-6-8-13(14)16(21)19(5)10-15(20)18-12(3)4/h6-9,11-12,17H,10H2,1-5H3,(H,18,20). The highest BCUT2D eigenvalue weighted by Gasteiger charge is 2.18. The molecule has 0 unspecified atom stereocenters. The lowest BCUT2D eigenvalue weighted by Gasteiger charge is -2.20. The number of rotatable bonds is 6. The van der Waals surface area contributed by atoms with Crippen molar-refractivity contribution in [1.29, 1.82) is 0 Å². The van der Waals surface area contributed by atoms with E-state index in [1.807, 2.05) is 45.9 Å². The Hall–Kier alpha value is -2.04. The maximum absolute atomic E-state index is 12.5. The van der Waals surface area contributed by atoms with E-state index < -0.39 is 0 Å². The van der Waals surface area contributed by atoms with E-state index >= 15 is 0 Å². The summed E-state index contributed by atoms with van der Waals surface area (Å²) in [6.45, 7) is 7.86. The third-order valence-corrected chi connectivity index (χ3v) is 2.78. The minimum atomic E-state index is -0.169. The van der Waals surface area contributed by atoms with Gasteiger partial charge in [-0.05, 0) is 39.8 Å². The third-order valence-electron chi connectivity index (χ3n) is 2.78. The molecule has 116 valence electrons. The lowest BCUT2D eigenvalue weighted by Crippen LogP contribution is -2.41. The van der Waals surface area contributed by atoms with Gasteiger partial charge in [0.05, 0.1) is 12.1 Å². The molecule has 0 aromatic heterocycles. The van der Waals surface area contributed by atoms with Crippen LogP contribution in [0.1, 0.15) is 38.1 Å². The van der Waals surface area contributed by atoms with Gasteiger partial charge in [0.1, 0.15) is 0 Å². The van der Waals surface area contributed by atoms with Gasteiger partial charge < -0.3 is 15.5 Å². The predicted octanol–water partition coefficient (Wildman–Crippen LogP) is 2.10. The number of carbonyl (C=O) groups excluding carboxylic acids is 2. The number of amides is 2. The Morgan fingerprint density at radius 3 is 2.29 bits per heavy atom. The number of likely N-dealkylation sites (N-methyl/N-ethyl adjacent to an activating group) is 1. The zero-order chi connectivity index (χ0) is 16.0. The molecule has 0 heterocycles. The molecule has 1 rings (SSSR count). The molecular formula is C16H25N3O2. The maximum Gasteiger partial charge on any atom is 0.256 e. The second kappa shape index (κ2) is 7.67. The molecule has 1 aromatic carbocycles. The molecule has 1 aromatic rings. The predicted molar refractivity (Wildman–Crippen MR) is 85.4 cm³/mol. The quantitative estimate of drug-likeness (QED) is 0.844. The van der Waals surface area contributed by atoms with Crippen LogP contribution in [0.4, 0.5) is 5.69 Å². The van der Waals surface area contributed by atoms with Gasteiger partial charge in [-0.1, -0.05) is 12.1 Å². The molecule has 5 heteroatoms. The van der Waals surface area contributed by atoms with Crippen LogP contribution in [0.5, 0.6) is 0 Å². The highest BCUT2D eigenvalue weighted by Crippen LogP contribution is 2.17. The summed E-state index contributed by atoms with van der Waals surface area (Å²) in [5.74, 6) is -0.326. The van der Waals surface area contributed by atoms with E-state index in [9.17, 15) is 9.59 Å². The van der Waals surface area contributed by atoms with Crippen LogP contribution in [0, 0.1) is 0 Å². The Morgan fingerprint density at radius 1 is 1.10 bits per heavy atom. The molecule has 0 aliphatic heterocycles. The molecule has 21 heavy (non-hydrogen) atoms. The van der Waals surface area contributed by atoms with Crippen molar-refractivity contribution in [2.45, 2.75) is 39.8 Å². The maximum atomic E-state index is 12.5. The first kappa shape index (κ1) is 17.0. The number of nitrogens with zero attached hydrogens (tertiary/aromatic N) is 1. The van der Waals surface area contributed by atoms with Gasteiger partial charge in [-0.3, -0.25) is 9.59 Å². The second-order valence-electron chi connectivity index (χ2n) is 5.73. The summed E-state index contributed by atoms with van der Waals surface area (Å²) in [6, 6.07) is 7.64. The molecular weight excluding hydrogens is 266 g/mol. The van der Waals surface area contributed by atoms with Crippen molar-refractivity contribution in [1.82, 2.24) is 10.2 Å². The molecule has 0 bridgehead atoms. The zero-order valence-electron chi connectivity index (χ0n) is 13.4. The normalized spacial score (nSPS) is 10.6. The SMILES string of the molecule is CC(C)NC(=O)CN(C)C(=O)c1ccccc1NC(C)C. The first-order valence-electron chi connectivity index (χ1n) is 7.21. The number of benzene rings is 1. The van der Waals surface area contributed by atoms with Crippen LogP contribution in [-0.4, -0.2) is 42.4 Å². The fourth-order valence-corrected chi connectivity index (χ4v) is 1.97. The molecule has 0 saturated heterocycles. The largest absolute Gasteiger partial charge is 0.382 e. The van der Waals surface area contributed by atoms with Crippen LogP contribution in [0.2, 0.25) is 0 Å². The summed E-state index contributed by atoms with van der Waals surface area (Å²) < 4.78 is 0. The van der Waals surface area contributed by atoms with E-state index in [0.29, 0.717) is 5.56 Å². The summed E-state index contributed by atoms with van der Waals surface area (Å²) >= 11 is 0. The van der Waals surface area contributed by atoms with Crippen molar-refractivity contribution >= 4 is 17.5 Å². The van der Waals surface area contributed by atoms with Gasteiger partial charge in [0.25, 0.3) is 5.91 Å². The first-order valence-corrected chi connectivity index (χ1v) is 7.21. The molecule has 0 aliphatic carbocycles. The Morgan fingerprint density at radius 2 is 1.71 bits per heavy atom. The summed E-state index contributed by atoms with van der Waals surface area (Å²) in [7, 11) is 1.63. The van der Waals surface area contributed by atoms with Crippen molar-refractivity contribution in [2.24, 2.45) is 0 Å². The average Bonchev–Trinajstić information content (AvgIpc) is 2.36. The van der Waals surface area contributed by atoms with Gasteiger partial charge in [-0.15, -0.1) is 0 Å². The summed E-state index contributed by atoms with van der Waals surface area (Å²) in [5, 5.41) is 6.02. The van der Waals surface area contributed by atoms with Crippen molar-refractivity contribution in [2.75, 3.05) is 18.9 Å². The van der Waals surface area contributed by atoms with E-state index in [0.717, 1.165) is 5.69 Å². The number of hydrogen-bond acceptors (Lipinski definition) is 3. The van der Waals surface area contributed by atoms with Crippen LogP contribution in [0.15, 0.2) is 24.3 Å². The van der Waals surface area contributed by atoms with Crippen LogP contribution < -0.4 is 10.6 Å². The topological polar surface area (TPSA) is 61.4 Å². The molecule has 0 radical (unpaired) electrons. The van der Waals surface area contributed by atoms with Gasteiger partial charge >= 0.3 is 0 Å². The second-order valence-corrected chi connectivity index (χ2v) is 5.73. The van der Waals surface area contributed by atoms with Crippen LogP contribution in [0.3, 0.4) is 0 Å². The van der Waals surface area contributed by atoms with Gasteiger partial charge in [0, 0.05) is 24.8 Å². The van der Waals surface area contributed by atoms with Crippen LogP contribution in [-0.2, 0) is 4.79 Å². The molecule has 0 aliphatic rings. The summed E-state index contributed by atoms with van der Waals surface area (Å²) in [4.78, 5) is 25.6. The number of nitrogens with one attached hydrogen (secondary N) is 2. The lowest BCUT2D eigenvalue weighted by molar-refractivity contribution is -0.122. The fourth-order valence-electron chi connectivity index (χ4n) is 1.97. The van der Waals surface area contributed by atoms with E-state index in [-0.39, 0.29) is 30.4 Å². The van der Waals surface area contributed by atoms with Gasteiger partial charge in [-0.25, -0.2) is 0 Å². The van der Waals surface area contributed by atoms with Gasteiger partial charge in [0.2, 0.25) is 5.91 Å². The van der Waals surface area contributed by atoms with Crippen molar-refractivity contribution in [3.05, 3.63) is 29.8 Å². The monoisotopic (exact) mass is 291 g/mol. The fraction of sp³-hybridized carbons (Fsp3) is 0.500. The third kappa shape index (κ3) is 5.45. The van der Waals surface area contributed by atoms with E-state index in [2.05, 4.69) is 10.6 Å². The summed E-state index contributed by atoms with van der Waals surface area (Å²) in [6.07, 6.45) is 0. The highest BCUT2D eigenvalue weighted by atomic mass is 16.2. The van der Waals surface area contributed by atoms with Crippen molar-refractivity contribution in [3.8, 4) is 0 Å². The zero-order valence-corrected chi connectivity index (χ0v) is 13.4. The molecule has 0 atom stereocenters. The lowest BCUT2D eigenvalue weighted by atomic mass is 10.1. The average molecular weight is 291 g/mol. The Kier molecular flexibility index (Phi) is 6.21. The Balaban J connectivity index is 2.81. The molecule has 2 N–H and O–H groups in total. The number of hydrogen-bond donors (Lipinski definition) is 2. The first-order chi connectivity index (χ1) is 9.81.